The number of amides is 1. The number of carbonyl (C=O) groups excluding carboxylic acids is 2. The average Bonchev–Trinajstić information content (AvgIpc) is 2.89. The Morgan fingerprint density at radius 3 is 2.35 bits per heavy atom. The summed E-state index contributed by atoms with van der Waals surface area (Å²) in [6, 6.07) is 13.3. The molecule has 0 aliphatic rings. The number of aryl methyl sites for hydroxylation is 1. The first-order chi connectivity index (χ1) is 18.8. The Labute approximate surface area is 230 Å². The number of aromatic nitrogens is 1. The van der Waals surface area contributed by atoms with Gasteiger partial charge in [0.15, 0.2) is 11.5 Å². The van der Waals surface area contributed by atoms with Crippen molar-refractivity contribution in [3.63, 3.8) is 0 Å². The summed E-state index contributed by atoms with van der Waals surface area (Å²) in [6.07, 6.45) is -5.78. The molecule has 3 rings (SSSR count). The maximum atomic E-state index is 13.7. The second kappa shape index (κ2) is 12.7. The molecule has 3 aromatic rings. The molecule has 0 bridgehead atoms. The van der Waals surface area contributed by atoms with Crippen LogP contribution in [-0.2, 0) is 16.0 Å². The van der Waals surface area contributed by atoms with Crippen LogP contribution < -0.4 is 14.4 Å². The molecule has 0 aliphatic carbocycles. The number of benzene rings is 2. The lowest BCUT2D eigenvalue weighted by molar-refractivity contribution is -0.0678. The van der Waals surface area contributed by atoms with Gasteiger partial charge in [0.2, 0.25) is 0 Å². The number of esters is 1. The second-order valence-electron chi connectivity index (χ2n) is 9.75. The average molecular weight is 561 g/mol. The van der Waals surface area contributed by atoms with Gasteiger partial charge in [0.25, 0.3) is 6.36 Å². The van der Waals surface area contributed by atoms with E-state index in [-0.39, 0.29) is 23.7 Å². The fourth-order valence-electron chi connectivity index (χ4n) is 3.89. The van der Waals surface area contributed by atoms with E-state index >= 15 is 0 Å². The standard InChI is InChI=1S/C29H31F3N2O6/c1-17-13-18(20-9-7-8-10-21(20)27(35)38-6)15-19(14-17)34(28(36)40-29(2,3)4)16-22-24(37-5)23(11-12-33-22)39-26(32)25(30)31/h7-15,25-26H,16H2,1-6H3. The number of halogens is 3. The summed E-state index contributed by atoms with van der Waals surface area (Å²) in [4.78, 5) is 31.4. The van der Waals surface area contributed by atoms with Crippen molar-refractivity contribution in [2.24, 2.45) is 0 Å². The maximum absolute atomic E-state index is 13.7. The van der Waals surface area contributed by atoms with Crippen molar-refractivity contribution in [1.82, 2.24) is 4.98 Å². The molecule has 11 heteroatoms. The Morgan fingerprint density at radius 1 is 1.02 bits per heavy atom. The van der Waals surface area contributed by atoms with Gasteiger partial charge in [-0.25, -0.2) is 18.4 Å². The minimum Gasteiger partial charge on any atom is -0.491 e. The molecule has 0 saturated carbocycles. The highest BCUT2D eigenvalue weighted by Gasteiger charge is 2.28. The predicted molar refractivity (Wildman–Crippen MR) is 143 cm³/mol. The molecule has 0 fully saturated rings. The zero-order valence-electron chi connectivity index (χ0n) is 23.0. The van der Waals surface area contributed by atoms with E-state index in [4.69, 9.17) is 18.9 Å². The van der Waals surface area contributed by atoms with Gasteiger partial charge in [0.1, 0.15) is 11.3 Å². The maximum Gasteiger partial charge on any atom is 0.415 e. The van der Waals surface area contributed by atoms with E-state index < -0.39 is 30.4 Å². The van der Waals surface area contributed by atoms with Crippen molar-refractivity contribution >= 4 is 17.7 Å². The SMILES string of the molecule is COC(=O)c1ccccc1-c1cc(C)cc(N(Cc2nccc(OC(F)C(F)F)c2OC)C(=O)OC(C)(C)C)c1. The minimum atomic E-state index is -3.38. The number of alkyl halides is 3. The molecule has 2 aromatic carbocycles. The van der Waals surface area contributed by atoms with E-state index in [1.165, 1.54) is 31.4 Å². The highest BCUT2D eigenvalue weighted by Crippen LogP contribution is 2.35. The number of methoxy groups -OCH3 is 2. The van der Waals surface area contributed by atoms with Gasteiger partial charge >= 0.3 is 18.5 Å². The molecule has 214 valence electrons. The van der Waals surface area contributed by atoms with Crippen molar-refractivity contribution in [1.29, 1.82) is 0 Å². The van der Waals surface area contributed by atoms with Crippen molar-refractivity contribution in [2.75, 3.05) is 19.1 Å². The van der Waals surface area contributed by atoms with Gasteiger partial charge in [-0.15, -0.1) is 0 Å². The Hall–Kier alpha value is -4.28. The van der Waals surface area contributed by atoms with Crippen molar-refractivity contribution in [2.45, 2.75) is 52.6 Å². The van der Waals surface area contributed by atoms with Gasteiger partial charge in [-0.05, 0) is 62.6 Å². The first kappa shape index (κ1) is 30.3. The van der Waals surface area contributed by atoms with Crippen LogP contribution in [0.3, 0.4) is 0 Å². The number of anilines is 1. The lowest BCUT2D eigenvalue weighted by Crippen LogP contribution is -2.37. The van der Waals surface area contributed by atoms with Gasteiger partial charge in [-0.3, -0.25) is 9.88 Å². The molecule has 1 heterocycles. The lowest BCUT2D eigenvalue weighted by Gasteiger charge is -2.28. The van der Waals surface area contributed by atoms with E-state index in [2.05, 4.69) is 4.98 Å². The first-order valence-corrected chi connectivity index (χ1v) is 12.2. The summed E-state index contributed by atoms with van der Waals surface area (Å²) in [5.41, 5.74) is 1.92. The third kappa shape index (κ3) is 7.43. The molecule has 0 N–H and O–H groups in total. The van der Waals surface area contributed by atoms with Crippen LogP contribution in [0, 0.1) is 6.92 Å². The Kier molecular flexibility index (Phi) is 9.62. The third-order valence-corrected chi connectivity index (χ3v) is 5.52. The number of pyridine rings is 1. The molecule has 0 radical (unpaired) electrons. The van der Waals surface area contributed by atoms with Crippen LogP contribution in [0.15, 0.2) is 54.7 Å². The van der Waals surface area contributed by atoms with Crippen LogP contribution >= 0.6 is 0 Å². The molecule has 1 unspecified atom stereocenters. The normalized spacial score (nSPS) is 12.1. The number of nitrogens with zero attached hydrogens (tertiary/aromatic N) is 2. The molecule has 0 spiro atoms. The number of hydrogen-bond acceptors (Lipinski definition) is 7. The zero-order valence-corrected chi connectivity index (χ0v) is 23.0. The topological polar surface area (TPSA) is 87.2 Å². The van der Waals surface area contributed by atoms with E-state index in [1.54, 1.807) is 57.2 Å². The van der Waals surface area contributed by atoms with Crippen LogP contribution in [0.2, 0.25) is 0 Å². The van der Waals surface area contributed by atoms with E-state index in [1.807, 2.05) is 13.0 Å². The van der Waals surface area contributed by atoms with Crippen LogP contribution in [-0.4, -0.2) is 49.7 Å². The minimum absolute atomic E-state index is 0.102. The Morgan fingerprint density at radius 2 is 1.73 bits per heavy atom. The summed E-state index contributed by atoms with van der Waals surface area (Å²) < 4.78 is 60.0. The fraction of sp³-hybridized carbons (Fsp3) is 0.345. The molecule has 0 saturated heterocycles. The molecule has 1 atom stereocenters. The first-order valence-electron chi connectivity index (χ1n) is 12.2. The van der Waals surface area contributed by atoms with Crippen LogP contribution in [0.25, 0.3) is 11.1 Å². The van der Waals surface area contributed by atoms with Crippen LogP contribution in [0.4, 0.5) is 23.7 Å². The summed E-state index contributed by atoms with van der Waals surface area (Å²) in [5.74, 6) is -0.951. The molecule has 8 nitrogen and oxygen atoms in total. The van der Waals surface area contributed by atoms with Crippen LogP contribution in [0.5, 0.6) is 11.5 Å². The highest BCUT2D eigenvalue weighted by molar-refractivity contribution is 5.98. The van der Waals surface area contributed by atoms with Gasteiger partial charge in [-0.2, -0.15) is 4.39 Å². The fourth-order valence-corrected chi connectivity index (χ4v) is 3.89. The lowest BCUT2D eigenvalue weighted by atomic mass is 9.97. The molecular weight excluding hydrogens is 529 g/mol. The van der Waals surface area contributed by atoms with Gasteiger partial charge in [0.05, 0.1) is 26.3 Å². The Balaban J connectivity index is 2.13. The summed E-state index contributed by atoms with van der Waals surface area (Å²) >= 11 is 0. The Bertz CT molecular complexity index is 1360. The second-order valence-corrected chi connectivity index (χ2v) is 9.75. The quantitative estimate of drug-likeness (QED) is 0.268. The summed E-state index contributed by atoms with van der Waals surface area (Å²) in [7, 11) is 2.53. The number of ether oxygens (including phenoxy) is 4. The number of rotatable bonds is 9. The van der Waals surface area contributed by atoms with E-state index in [0.29, 0.717) is 22.4 Å². The zero-order chi connectivity index (χ0) is 29.6. The largest absolute Gasteiger partial charge is 0.491 e. The highest BCUT2D eigenvalue weighted by atomic mass is 19.3. The van der Waals surface area contributed by atoms with Crippen molar-refractivity contribution < 1.29 is 41.7 Å². The van der Waals surface area contributed by atoms with E-state index in [9.17, 15) is 22.8 Å². The van der Waals surface area contributed by atoms with Gasteiger partial charge in [0, 0.05) is 18.0 Å². The number of hydrogen-bond donors (Lipinski definition) is 0. The summed E-state index contributed by atoms with van der Waals surface area (Å²) in [6.45, 7) is 6.69. The predicted octanol–water partition coefficient (Wildman–Crippen LogP) is 6.73. The molecule has 40 heavy (non-hydrogen) atoms. The summed E-state index contributed by atoms with van der Waals surface area (Å²) in [5, 5.41) is 0. The van der Waals surface area contributed by atoms with Gasteiger partial charge < -0.3 is 18.9 Å². The van der Waals surface area contributed by atoms with E-state index in [0.717, 1.165) is 5.56 Å². The third-order valence-electron chi connectivity index (χ3n) is 5.52. The smallest absolute Gasteiger partial charge is 0.415 e. The van der Waals surface area contributed by atoms with Crippen LogP contribution in [0.1, 0.15) is 42.4 Å². The van der Waals surface area contributed by atoms with Crippen molar-refractivity contribution in [3.8, 4) is 22.6 Å². The molecule has 1 amide bonds. The molecule has 0 aliphatic heterocycles. The number of carbonyl (C=O) groups is 2. The van der Waals surface area contributed by atoms with Gasteiger partial charge in [-0.1, -0.05) is 24.3 Å². The molecule has 1 aromatic heterocycles. The van der Waals surface area contributed by atoms with Crippen molar-refractivity contribution in [3.05, 3.63) is 71.5 Å². The molecular formula is C29H31F3N2O6. The monoisotopic (exact) mass is 560 g/mol.